The van der Waals surface area contributed by atoms with E-state index in [4.69, 9.17) is 0 Å². The summed E-state index contributed by atoms with van der Waals surface area (Å²) in [6.07, 6.45) is 7.03. The van der Waals surface area contributed by atoms with E-state index in [0.29, 0.717) is 13.1 Å². The number of carbonyl (C=O) groups excluding carboxylic acids is 4. The van der Waals surface area contributed by atoms with Crippen LogP contribution in [0.15, 0.2) is 60.9 Å². The Kier molecular flexibility index (Phi) is 10.9. The highest BCUT2D eigenvalue weighted by atomic mass is 16.2. The van der Waals surface area contributed by atoms with Crippen LogP contribution in [0.2, 0.25) is 0 Å². The molecule has 2 saturated heterocycles. The Morgan fingerprint density at radius 1 is 0.615 bits per heavy atom. The molecule has 4 amide bonds. The van der Waals surface area contributed by atoms with Crippen molar-refractivity contribution in [3.63, 3.8) is 0 Å². The van der Waals surface area contributed by atoms with Crippen LogP contribution in [0.1, 0.15) is 91.0 Å². The molecule has 0 aliphatic carbocycles. The van der Waals surface area contributed by atoms with Crippen LogP contribution in [0, 0.1) is 11.8 Å². The lowest BCUT2D eigenvalue weighted by molar-refractivity contribution is -0.138. The van der Waals surface area contributed by atoms with Crippen LogP contribution < -0.4 is 10.6 Å². The predicted molar refractivity (Wildman–Crippen MR) is 199 cm³/mol. The van der Waals surface area contributed by atoms with Crippen LogP contribution in [0.5, 0.6) is 0 Å². The highest BCUT2D eigenvalue weighted by molar-refractivity contribution is 5.88. The zero-order valence-electron chi connectivity index (χ0n) is 30.9. The van der Waals surface area contributed by atoms with E-state index in [1.165, 1.54) is 13.8 Å². The summed E-state index contributed by atoms with van der Waals surface area (Å²) in [5.41, 5.74) is 5.90. The minimum atomic E-state index is -0.563. The van der Waals surface area contributed by atoms with E-state index < -0.39 is 12.1 Å². The Bertz CT molecular complexity index is 1760. The minimum absolute atomic E-state index is 0.0225. The standard InChI is InChI=1S/C40H50N8O4/c1-23(2)35(43-25(5)49)39(51)47-19-7-9-33(47)37-41-21-31(45-37)29-15-11-27(12-16-29)28-13-17-30(18-14-28)32-22-42-38(46-32)34-10-8-20-48(34)40(52)36(24(3)4)44-26(6)50/h11-18,21-24,33-36H,7-10,19-20H2,1-6H3,(H,41,45)(H,42,46)(H,43,49)(H,44,50)/t33-,34-,35-,36-/m0/s1. The number of rotatable bonds is 11. The maximum absolute atomic E-state index is 13.5. The minimum Gasteiger partial charge on any atom is -0.344 e. The molecule has 4 N–H and O–H groups in total. The molecule has 4 aromatic rings. The van der Waals surface area contributed by atoms with Gasteiger partial charge in [0.1, 0.15) is 23.7 Å². The van der Waals surface area contributed by atoms with Crippen molar-refractivity contribution in [2.24, 2.45) is 11.8 Å². The summed E-state index contributed by atoms with van der Waals surface area (Å²) in [7, 11) is 0. The van der Waals surface area contributed by atoms with E-state index in [-0.39, 0.29) is 47.5 Å². The molecule has 0 bridgehead atoms. The Morgan fingerprint density at radius 3 is 1.29 bits per heavy atom. The van der Waals surface area contributed by atoms with E-state index >= 15 is 0 Å². The van der Waals surface area contributed by atoms with Gasteiger partial charge in [-0.25, -0.2) is 9.97 Å². The third-order valence-electron chi connectivity index (χ3n) is 10.2. The molecular formula is C40H50N8O4. The summed E-state index contributed by atoms with van der Waals surface area (Å²) < 4.78 is 0. The van der Waals surface area contributed by atoms with Crippen LogP contribution >= 0.6 is 0 Å². The molecule has 52 heavy (non-hydrogen) atoms. The van der Waals surface area contributed by atoms with E-state index in [9.17, 15) is 19.2 Å². The second kappa shape index (κ2) is 15.5. The van der Waals surface area contributed by atoms with Crippen molar-refractivity contribution >= 4 is 23.6 Å². The Balaban J connectivity index is 1.11. The molecule has 2 aliphatic rings. The molecule has 0 unspecified atom stereocenters. The van der Waals surface area contributed by atoms with Crippen LogP contribution in [0.4, 0.5) is 0 Å². The third-order valence-corrected chi connectivity index (χ3v) is 10.2. The number of hydrogen-bond acceptors (Lipinski definition) is 6. The van der Waals surface area contributed by atoms with Crippen LogP contribution in [0.3, 0.4) is 0 Å². The first kappa shape index (κ1) is 36.5. The van der Waals surface area contributed by atoms with Crippen molar-refractivity contribution in [1.82, 2.24) is 40.4 Å². The van der Waals surface area contributed by atoms with Gasteiger partial charge in [0, 0.05) is 26.9 Å². The first-order valence-electron chi connectivity index (χ1n) is 18.4. The number of aromatic nitrogens is 4. The monoisotopic (exact) mass is 706 g/mol. The largest absolute Gasteiger partial charge is 0.344 e. The summed E-state index contributed by atoms with van der Waals surface area (Å²) in [6.45, 7) is 11.9. The number of hydrogen-bond donors (Lipinski definition) is 4. The van der Waals surface area contributed by atoms with Crippen molar-refractivity contribution in [1.29, 1.82) is 0 Å². The average molecular weight is 707 g/mol. The molecule has 12 nitrogen and oxygen atoms in total. The topological polar surface area (TPSA) is 156 Å². The molecule has 0 spiro atoms. The lowest BCUT2D eigenvalue weighted by atomic mass is 10.0. The zero-order valence-corrected chi connectivity index (χ0v) is 30.9. The number of H-pyrrole nitrogens is 2. The van der Waals surface area contributed by atoms with Gasteiger partial charge in [-0.1, -0.05) is 76.2 Å². The lowest BCUT2D eigenvalue weighted by Gasteiger charge is -2.30. The van der Waals surface area contributed by atoms with E-state index in [2.05, 4.69) is 79.1 Å². The maximum Gasteiger partial charge on any atom is 0.246 e. The number of likely N-dealkylation sites (tertiary alicyclic amines) is 2. The normalized spacial score (nSPS) is 18.5. The molecule has 12 heteroatoms. The Labute approximate surface area is 305 Å². The van der Waals surface area contributed by atoms with Crippen molar-refractivity contribution in [2.75, 3.05) is 13.1 Å². The van der Waals surface area contributed by atoms with Gasteiger partial charge in [0.25, 0.3) is 0 Å². The van der Waals surface area contributed by atoms with Crippen LogP contribution in [-0.4, -0.2) is 78.5 Å². The molecule has 0 saturated carbocycles. The zero-order chi connectivity index (χ0) is 37.1. The van der Waals surface area contributed by atoms with Crippen LogP contribution in [-0.2, 0) is 19.2 Å². The molecule has 2 aliphatic heterocycles. The summed E-state index contributed by atoms with van der Waals surface area (Å²) in [6, 6.07) is 15.2. The summed E-state index contributed by atoms with van der Waals surface area (Å²) in [4.78, 5) is 70.4. The van der Waals surface area contributed by atoms with Crippen LogP contribution in [0.25, 0.3) is 33.6 Å². The van der Waals surface area contributed by atoms with E-state index in [0.717, 1.165) is 71.0 Å². The first-order valence-corrected chi connectivity index (χ1v) is 18.4. The van der Waals surface area contributed by atoms with E-state index in [1.54, 1.807) is 0 Å². The molecule has 274 valence electrons. The third kappa shape index (κ3) is 7.80. The number of nitrogens with zero attached hydrogens (tertiary/aromatic N) is 4. The highest BCUT2D eigenvalue weighted by Crippen LogP contribution is 2.35. The van der Waals surface area contributed by atoms with Gasteiger partial charge in [0.05, 0.1) is 35.9 Å². The van der Waals surface area contributed by atoms with Gasteiger partial charge in [-0.3, -0.25) is 19.2 Å². The molecule has 4 heterocycles. The SMILES string of the molecule is CC(=O)N[C@H](C(=O)N1CCC[C@H]1c1ncc(-c2ccc(-c3ccc(-c4cnc([C@@H]5CCCN5C(=O)[C@@H](NC(C)=O)C(C)C)[nH]4)cc3)cc2)[nH]1)C(C)C. The Hall–Kier alpha value is -5.26. The molecule has 2 fully saturated rings. The maximum atomic E-state index is 13.5. The number of benzene rings is 2. The number of nitrogens with one attached hydrogen (secondary N) is 4. The van der Waals surface area contributed by atoms with Gasteiger partial charge in [0.15, 0.2) is 0 Å². The molecule has 0 radical (unpaired) electrons. The molecule has 4 atom stereocenters. The van der Waals surface area contributed by atoms with Crippen molar-refractivity contribution in [3.05, 3.63) is 72.6 Å². The number of aromatic amines is 2. The van der Waals surface area contributed by atoms with Gasteiger partial charge < -0.3 is 30.4 Å². The van der Waals surface area contributed by atoms with Crippen molar-refractivity contribution < 1.29 is 19.2 Å². The molecule has 2 aromatic carbocycles. The number of imidazole rings is 2. The quantitative estimate of drug-likeness (QED) is 0.155. The smallest absolute Gasteiger partial charge is 0.246 e. The van der Waals surface area contributed by atoms with Crippen molar-refractivity contribution in [3.8, 4) is 33.6 Å². The fourth-order valence-corrected chi connectivity index (χ4v) is 7.44. The summed E-state index contributed by atoms with van der Waals surface area (Å²) in [5, 5.41) is 5.66. The van der Waals surface area contributed by atoms with Gasteiger partial charge in [-0.2, -0.15) is 0 Å². The summed E-state index contributed by atoms with van der Waals surface area (Å²) in [5.74, 6) is 0.906. The predicted octanol–water partition coefficient (Wildman–Crippen LogP) is 5.78. The fraction of sp³-hybridized carbons (Fsp3) is 0.450. The number of amides is 4. The van der Waals surface area contributed by atoms with E-state index in [1.807, 2.05) is 49.9 Å². The van der Waals surface area contributed by atoms with Gasteiger partial charge in [-0.15, -0.1) is 0 Å². The second-order valence-electron chi connectivity index (χ2n) is 14.7. The summed E-state index contributed by atoms with van der Waals surface area (Å²) >= 11 is 0. The highest BCUT2D eigenvalue weighted by Gasteiger charge is 2.38. The fourth-order valence-electron chi connectivity index (χ4n) is 7.44. The van der Waals surface area contributed by atoms with Gasteiger partial charge >= 0.3 is 0 Å². The van der Waals surface area contributed by atoms with Gasteiger partial charge in [0.2, 0.25) is 23.6 Å². The lowest BCUT2D eigenvalue weighted by Crippen LogP contribution is -2.50. The average Bonchev–Trinajstić information content (AvgIpc) is 3.95. The molecular weight excluding hydrogens is 656 g/mol. The molecule has 6 rings (SSSR count). The molecule has 2 aromatic heterocycles. The van der Waals surface area contributed by atoms with Gasteiger partial charge in [-0.05, 0) is 59.8 Å². The second-order valence-corrected chi connectivity index (χ2v) is 14.7. The number of carbonyl (C=O) groups is 4. The Morgan fingerprint density at radius 2 is 0.962 bits per heavy atom. The van der Waals surface area contributed by atoms with Crippen molar-refractivity contribution in [2.45, 2.75) is 91.4 Å². The first-order chi connectivity index (χ1) is 24.9.